The fourth-order valence-corrected chi connectivity index (χ4v) is 3.41. The lowest BCUT2D eigenvalue weighted by Gasteiger charge is -2.20. The molecule has 1 aromatic carbocycles. The first-order valence-electron chi connectivity index (χ1n) is 9.18. The number of halogens is 2. The predicted octanol–water partition coefficient (Wildman–Crippen LogP) is 2.51. The van der Waals surface area contributed by atoms with E-state index in [1.807, 2.05) is 14.1 Å². The number of carbonyl (C=O) groups excluding carboxylic acids is 1. The first-order chi connectivity index (χ1) is 13.3. The monoisotopic (exact) mass is 389 g/mol. The molecule has 6 nitrogen and oxygen atoms in total. The largest absolute Gasteiger partial charge is 0.347 e. The summed E-state index contributed by atoms with van der Waals surface area (Å²) in [6.07, 6.45) is 2.43. The zero-order chi connectivity index (χ0) is 20.4. The van der Waals surface area contributed by atoms with E-state index < -0.39 is 11.6 Å². The first kappa shape index (κ1) is 20.1. The van der Waals surface area contributed by atoms with Gasteiger partial charge in [-0.05, 0) is 30.7 Å². The van der Waals surface area contributed by atoms with Gasteiger partial charge in [-0.25, -0.2) is 18.7 Å². The summed E-state index contributed by atoms with van der Waals surface area (Å²) in [5.41, 5.74) is 1.97. The lowest BCUT2D eigenvalue weighted by atomic mass is 9.99. The van der Waals surface area contributed by atoms with E-state index in [9.17, 15) is 13.6 Å². The normalized spacial score (nSPS) is 17.0. The maximum atomic E-state index is 13.5. The topological polar surface area (TPSA) is 52.6 Å². The molecule has 28 heavy (non-hydrogen) atoms. The van der Waals surface area contributed by atoms with Crippen molar-refractivity contribution in [1.82, 2.24) is 19.8 Å². The number of hydrogen-bond acceptors (Lipinski definition) is 5. The third kappa shape index (κ3) is 4.27. The molecule has 2 heterocycles. The first-order valence-corrected chi connectivity index (χ1v) is 9.18. The second-order valence-electron chi connectivity index (χ2n) is 7.53. The van der Waals surface area contributed by atoms with Crippen LogP contribution in [0.5, 0.6) is 0 Å². The Balaban J connectivity index is 1.82. The predicted molar refractivity (Wildman–Crippen MR) is 103 cm³/mol. The van der Waals surface area contributed by atoms with Crippen LogP contribution in [0, 0.1) is 11.6 Å². The summed E-state index contributed by atoms with van der Waals surface area (Å²) in [6.45, 7) is 2.01. The minimum Gasteiger partial charge on any atom is -0.347 e. The smallest absolute Gasteiger partial charge is 0.256 e. The van der Waals surface area contributed by atoms with Gasteiger partial charge in [-0.1, -0.05) is 6.07 Å². The molecular formula is C20H25F2N5O. The molecule has 3 rings (SSSR count). The molecule has 1 unspecified atom stereocenters. The highest BCUT2D eigenvalue weighted by Crippen LogP contribution is 2.30. The third-order valence-corrected chi connectivity index (χ3v) is 4.89. The Morgan fingerprint density at radius 2 is 1.96 bits per heavy atom. The highest BCUT2D eigenvalue weighted by atomic mass is 19.2. The molecule has 0 spiro atoms. The molecule has 1 fully saturated rings. The van der Waals surface area contributed by atoms with Gasteiger partial charge in [0.2, 0.25) is 5.95 Å². The number of carbonyl (C=O) groups is 1. The second-order valence-corrected chi connectivity index (χ2v) is 7.53. The van der Waals surface area contributed by atoms with E-state index >= 15 is 0 Å². The van der Waals surface area contributed by atoms with Gasteiger partial charge >= 0.3 is 0 Å². The summed E-state index contributed by atoms with van der Waals surface area (Å²) in [4.78, 5) is 27.0. The number of rotatable bonds is 5. The van der Waals surface area contributed by atoms with Crippen molar-refractivity contribution in [3.05, 3.63) is 52.9 Å². The maximum Gasteiger partial charge on any atom is 0.256 e. The number of hydrogen-bond donors (Lipinski definition) is 0. The molecule has 1 saturated heterocycles. The van der Waals surface area contributed by atoms with Crippen molar-refractivity contribution >= 4 is 11.9 Å². The Kier molecular flexibility index (Phi) is 5.88. The van der Waals surface area contributed by atoms with Crippen LogP contribution in [-0.4, -0.2) is 67.0 Å². The Morgan fingerprint density at radius 3 is 2.61 bits per heavy atom. The van der Waals surface area contributed by atoms with Gasteiger partial charge < -0.3 is 9.80 Å². The summed E-state index contributed by atoms with van der Waals surface area (Å²) >= 11 is 0. The summed E-state index contributed by atoms with van der Waals surface area (Å²) in [7, 11) is 7.12. The molecule has 1 amide bonds. The van der Waals surface area contributed by atoms with Crippen LogP contribution < -0.4 is 4.90 Å². The average molecular weight is 389 g/mol. The Morgan fingerprint density at radius 1 is 1.21 bits per heavy atom. The molecule has 1 atom stereocenters. The zero-order valence-electron chi connectivity index (χ0n) is 16.6. The maximum absolute atomic E-state index is 13.5. The molecule has 0 aliphatic carbocycles. The lowest BCUT2D eigenvalue weighted by Crippen LogP contribution is -2.26. The van der Waals surface area contributed by atoms with Crippen LogP contribution >= 0.6 is 0 Å². The van der Waals surface area contributed by atoms with Gasteiger partial charge in [0.25, 0.3) is 5.91 Å². The number of aromatic nitrogens is 2. The van der Waals surface area contributed by atoms with E-state index in [2.05, 4.69) is 14.9 Å². The Labute approximate surface area is 163 Å². The van der Waals surface area contributed by atoms with Gasteiger partial charge in [-0.15, -0.1) is 0 Å². The van der Waals surface area contributed by atoms with E-state index in [0.717, 1.165) is 30.3 Å². The molecule has 1 aliphatic rings. The molecule has 0 saturated carbocycles. The number of anilines is 1. The van der Waals surface area contributed by atoms with Gasteiger partial charge in [-0.2, -0.15) is 0 Å². The number of nitrogens with zero attached hydrogens (tertiary/aromatic N) is 5. The Bertz CT molecular complexity index is 872. The van der Waals surface area contributed by atoms with Gasteiger partial charge in [0.1, 0.15) is 0 Å². The summed E-state index contributed by atoms with van der Waals surface area (Å²) < 4.78 is 26.6. The fraction of sp³-hybridized carbons (Fsp3) is 0.450. The van der Waals surface area contributed by atoms with Crippen LogP contribution in [0.3, 0.4) is 0 Å². The van der Waals surface area contributed by atoms with Gasteiger partial charge in [0.15, 0.2) is 11.6 Å². The van der Waals surface area contributed by atoms with Crippen molar-refractivity contribution < 1.29 is 13.6 Å². The standard InChI is InChI=1S/C20H25F2N5O/c1-25(2)19(28)15-10-23-20(26(3)4)24-18(15)14-7-8-27(12-14)11-13-5-6-16(21)17(22)9-13/h5-6,9-10,14H,7-8,11-12H2,1-4H3. The van der Waals surface area contributed by atoms with Crippen molar-refractivity contribution in [2.75, 3.05) is 46.2 Å². The van der Waals surface area contributed by atoms with E-state index in [4.69, 9.17) is 0 Å². The molecule has 150 valence electrons. The summed E-state index contributed by atoms with van der Waals surface area (Å²) in [5.74, 6) is -1.17. The minimum absolute atomic E-state index is 0.0749. The number of likely N-dealkylation sites (tertiary alicyclic amines) is 1. The highest BCUT2D eigenvalue weighted by molar-refractivity contribution is 5.95. The van der Waals surface area contributed by atoms with E-state index in [-0.39, 0.29) is 11.8 Å². The zero-order valence-corrected chi connectivity index (χ0v) is 16.6. The van der Waals surface area contributed by atoms with E-state index in [0.29, 0.717) is 24.6 Å². The molecule has 1 aliphatic heterocycles. The quantitative estimate of drug-likeness (QED) is 0.787. The average Bonchev–Trinajstić information content (AvgIpc) is 3.11. The summed E-state index contributed by atoms with van der Waals surface area (Å²) in [6, 6.07) is 3.99. The second kappa shape index (κ2) is 8.18. The van der Waals surface area contributed by atoms with Crippen molar-refractivity contribution in [2.24, 2.45) is 0 Å². The number of benzene rings is 1. The molecule has 1 aromatic heterocycles. The van der Waals surface area contributed by atoms with E-state index in [1.165, 1.54) is 11.0 Å². The van der Waals surface area contributed by atoms with Crippen LogP contribution in [0.15, 0.2) is 24.4 Å². The van der Waals surface area contributed by atoms with Gasteiger partial charge in [0.05, 0.1) is 11.3 Å². The minimum atomic E-state index is -0.841. The molecular weight excluding hydrogens is 364 g/mol. The third-order valence-electron chi connectivity index (χ3n) is 4.89. The van der Waals surface area contributed by atoms with Gasteiger partial charge in [0, 0.05) is 53.4 Å². The van der Waals surface area contributed by atoms with Crippen LogP contribution in [0.25, 0.3) is 0 Å². The number of amides is 1. The highest BCUT2D eigenvalue weighted by Gasteiger charge is 2.30. The molecule has 0 radical (unpaired) electrons. The SMILES string of the molecule is CN(C)C(=O)c1cnc(N(C)C)nc1C1CCN(Cc2ccc(F)c(F)c2)C1. The Hall–Kier alpha value is -2.61. The molecule has 0 bridgehead atoms. The van der Waals surface area contributed by atoms with Crippen LogP contribution in [-0.2, 0) is 6.54 Å². The summed E-state index contributed by atoms with van der Waals surface area (Å²) in [5, 5.41) is 0. The molecule has 2 aromatic rings. The van der Waals surface area contributed by atoms with Crippen molar-refractivity contribution in [3.63, 3.8) is 0 Å². The van der Waals surface area contributed by atoms with Crippen LogP contribution in [0.4, 0.5) is 14.7 Å². The van der Waals surface area contributed by atoms with Crippen molar-refractivity contribution in [3.8, 4) is 0 Å². The van der Waals surface area contributed by atoms with Crippen molar-refractivity contribution in [1.29, 1.82) is 0 Å². The van der Waals surface area contributed by atoms with Crippen molar-refractivity contribution in [2.45, 2.75) is 18.9 Å². The van der Waals surface area contributed by atoms with E-state index in [1.54, 1.807) is 31.3 Å². The van der Waals surface area contributed by atoms with Gasteiger partial charge in [-0.3, -0.25) is 9.69 Å². The lowest BCUT2D eigenvalue weighted by molar-refractivity contribution is 0.0825. The molecule has 8 heteroatoms. The fourth-order valence-electron chi connectivity index (χ4n) is 3.41. The molecule has 0 N–H and O–H groups in total. The van der Waals surface area contributed by atoms with Crippen LogP contribution in [0.2, 0.25) is 0 Å². The van der Waals surface area contributed by atoms with Crippen LogP contribution in [0.1, 0.15) is 34.0 Å².